The van der Waals surface area contributed by atoms with Gasteiger partial charge in [0, 0.05) is 55.1 Å². The summed E-state index contributed by atoms with van der Waals surface area (Å²) in [6.45, 7) is 2.13. The van der Waals surface area contributed by atoms with Gasteiger partial charge in [0.05, 0.1) is 16.9 Å². The predicted octanol–water partition coefficient (Wildman–Crippen LogP) is 5.76. The quantitative estimate of drug-likeness (QED) is 0.218. The van der Waals surface area contributed by atoms with Crippen LogP contribution in [0, 0.1) is 0 Å². The van der Waals surface area contributed by atoms with Gasteiger partial charge in [-0.3, -0.25) is 0 Å². The highest BCUT2D eigenvalue weighted by molar-refractivity contribution is 9.10. The van der Waals surface area contributed by atoms with Crippen LogP contribution in [-0.2, 0) is 12.8 Å². The number of hydrogen-bond acceptors (Lipinski definition) is 6. The molecule has 2 aromatic carbocycles. The van der Waals surface area contributed by atoms with E-state index in [4.69, 9.17) is 0 Å². The number of benzene rings is 2. The number of likely N-dealkylation sites (N-methyl/N-ethyl adjacent to an activating group) is 2. The Bertz CT molecular complexity index is 1700. The van der Waals surface area contributed by atoms with E-state index in [1.54, 1.807) is 21.4 Å². The molecule has 0 fully saturated rings. The molecule has 6 rings (SSSR count). The molecule has 0 aliphatic heterocycles. The van der Waals surface area contributed by atoms with E-state index in [2.05, 4.69) is 123 Å². The summed E-state index contributed by atoms with van der Waals surface area (Å²) in [6, 6.07) is 19.2. The largest absolute Gasteiger partial charge is 0.309 e. The van der Waals surface area contributed by atoms with Crippen molar-refractivity contribution < 1.29 is 0 Å². The molecule has 4 aromatic heterocycles. The number of rotatable bonds is 8. The molecule has 0 saturated carbocycles. The Kier molecular flexibility index (Phi) is 9.18. The van der Waals surface area contributed by atoms with Crippen molar-refractivity contribution in [1.29, 1.82) is 0 Å². The molecule has 210 valence electrons. The van der Waals surface area contributed by atoms with Gasteiger partial charge in [0.2, 0.25) is 0 Å². The van der Waals surface area contributed by atoms with Crippen LogP contribution in [0.5, 0.6) is 0 Å². The fourth-order valence-corrected chi connectivity index (χ4v) is 4.76. The summed E-state index contributed by atoms with van der Waals surface area (Å²) in [7, 11) is 8.38. The van der Waals surface area contributed by atoms with E-state index in [1.807, 2.05) is 30.9 Å². The molecule has 0 aliphatic carbocycles. The van der Waals surface area contributed by atoms with Gasteiger partial charge in [0.1, 0.15) is 0 Å². The summed E-state index contributed by atoms with van der Waals surface area (Å²) >= 11 is 3.44. The third kappa shape index (κ3) is 7.43. The molecule has 4 heterocycles. The Morgan fingerprint density at radius 2 is 1.15 bits per heavy atom. The van der Waals surface area contributed by atoms with Gasteiger partial charge in [0.25, 0.3) is 0 Å². The van der Waals surface area contributed by atoms with E-state index >= 15 is 0 Å². The highest BCUT2D eigenvalue weighted by Crippen LogP contribution is 2.22. The van der Waals surface area contributed by atoms with E-state index in [9.17, 15) is 0 Å². The molecule has 0 amide bonds. The molecule has 0 N–H and O–H groups in total. The zero-order chi connectivity index (χ0) is 28.8. The van der Waals surface area contributed by atoms with Gasteiger partial charge in [-0.1, -0.05) is 48.5 Å². The van der Waals surface area contributed by atoms with Crippen molar-refractivity contribution in [3.8, 4) is 22.3 Å². The first kappa shape index (κ1) is 28.6. The lowest BCUT2D eigenvalue weighted by Crippen LogP contribution is -2.14. The average molecular weight is 612 g/mol. The van der Waals surface area contributed by atoms with Crippen LogP contribution in [0.4, 0.5) is 0 Å². The molecule has 0 aliphatic rings. The second-order valence-corrected chi connectivity index (χ2v) is 11.4. The number of hydrogen-bond donors (Lipinski definition) is 0. The number of halogens is 1. The Labute approximate surface area is 249 Å². The summed E-state index contributed by atoms with van der Waals surface area (Å²) in [5.41, 5.74) is 8.89. The molecule has 0 atom stereocenters. The fraction of sp³-hybridized carbons (Fsp3) is 0.250. The van der Waals surface area contributed by atoms with Crippen LogP contribution in [0.15, 0.2) is 96.3 Å². The van der Waals surface area contributed by atoms with Crippen LogP contribution >= 0.6 is 15.9 Å². The maximum Gasteiger partial charge on any atom is 0.169 e. The Morgan fingerprint density at radius 3 is 1.71 bits per heavy atom. The van der Waals surface area contributed by atoms with E-state index < -0.39 is 0 Å². The first-order valence-corrected chi connectivity index (χ1v) is 14.4. The average Bonchev–Trinajstić information content (AvgIpc) is 3.61. The minimum atomic E-state index is 0.835. The first-order valence-electron chi connectivity index (χ1n) is 13.6. The molecule has 0 unspecified atom stereocenters. The van der Waals surface area contributed by atoms with E-state index in [0.717, 1.165) is 58.4 Å². The minimum absolute atomic E-state index is 0.835. The monoisotopic (exact) mass is 610 g/mol. The van der Waals surface area contributed by atoms with Crippen molar-refractivity contribution in [2.75, 3.05) is 41.3 Å². The van der Waals surface area contributed by atoms with Crippen molar-refractivity contribution in [3.63, 3.8) is 0 Å². The number of nitrogens with zero attached hydrogens (tertiary/aromatic N) is 8. The third-order valence-electron chi connectivity index (χ3n) is 6.83. The number of fused-ring (bicyclic) bond motifs is 2. The van der Waals surface area contributed by atoms with Gasteiger partial charge in [-0.05, 0) is 79.2 Å². The maximum atomic E-state index is 4.45. The van der Waals surface area contributed by atoms with Crippen LogP contribution in [-0.4, -0.2) is 80.3 Å². The highest BCUT2D eigenvalue weighted by atomic mass is 79.9. The highest BCUT2D eigenvalue weighted by Gasteiger charge is 2.06. The molecule has 0 saturated heterocycles. The summed E-state index contributed by atoms with van der Waals surface area (Å²) in [5, 5.41) is 8.49. The SMILES string of the molecule is CN(C)CCc1ccc(-c2cnc3c(Br)cnn3c2)cc1.CN(C)CCc1ccc(-c2cnc3ccnn3c2)cc1. The van der Waals surface area contributed by atoms with Gasteiger partial charge in [0.15, 0.2) is 11.3 Å². The normalized spacial score (nSPS) is 11.4. The van der Waals surface area contributed by atoms with E-state index in [-0.39, 0.29) is 0 Å². The van der Waals surface area contributed by atoms with Crippen molar-refractivity contribution >= 4 is 27.2 Å². The van der Waals surface area contributed by atoms with E-state index in [1.165, 1.54) is 16.7 Å². The molecule has 0 radical (unpaired) electrons. The second-order valence-electron chi connectivity index (χ2n) is 10.6. The van der Waals surface area contributed by atoms with Gasteiger partial charge < -0.3 is 9.80 Å². The van der Waals surface area contributed by atoms with Crippen LogP contribution < -0.4 is 0 Å². The first-order chi connectivity index (χ1) is 19.9. The lowest BCUT2D eigenvalue weighted by molar-refractivity contribution is 0.413. The lowest BCUT2D eigenvalue weighted by Gasteiger charge is -2.09. The van der Waals surface area contributed by atoms with Gasteiger partial charge in [-0.15, -0.1) is 0 Å². The van der Waals surface area contributed by atoms with E-state index in [0.29, 0.717) is 0 Å². The smallest absolute Gasteiger partial charge is 0.169 e. The Morgan fingerprint density at radius 1 is 0.610 bits per heavy atom. The Balaban J connectivity index is 0.000000165. The second kappa shape index (κ2) is 13.2. The van der Waals surface area contributed by atoms with Crippen molar-refractivity contribution in [3.05, 3.63) is 107 Å². The van der Waals surface area contributed by atoms with Gasteiger partial charge in [-0.25, -0.2) is 19.0 Å². The van der Waals surface area contributed by atoms with Crippen molar-refractivity contribution in [1.82, 2.24) is 39.0 Å². The molecule has 6 aromatic rings. The van der Waals surface area contributed by atoms with Crippen LogP contribution in [0.1, 0.15) is 11.1 Å². The zero-order valence-electron chi connectivity index (χ0n) is 23.9. The fourth-order valence-electron chi connectivity index (χ4n) is 4.39. The van der Waals surface area contributed by atoms with Crippen molar-refractivity contribution in [2.45, 2.75) is 12.8 Å². The summed E-state index contributed by atoms with van der Waals surface area (Å²) in [4.78, 5) is 13.2. The van der Waals surface area contributed by atoms with Gasteiger partial charge >= 0.3 is 0 Å². The predicted molar refractivity (Wildman–Crippen MR) is 169 cm³/mol. The zero-order valence-corrected chi connectivity index (χ0v) is 25.5. The summed E-state index contributed by atoms with van der Waals surface area (Å²) in [6.07, 6.45) is 13.5. The third-order valence-corrected chi connectivity index (χ3v) is 7.39. The molecule has 41 heavy (non-hydrogen) atoms. The van der Waals surface area contributed by atoms with Crippen LogP contribution in [0.3, 0.4) is 0 Å². The van der Waals surface area contributed by atoms with Crippen LogP contribution in [0.2, 0.25) is 0 Å². The lowest BCUT2D eigenvalue weighted by atomic mass is 10.1. The molecule has 0 bridgehead atoms. The Hall–Kier alpha value is -3.92. The molecular weight excluding hydrogens is 576 g/mol. The number of aromatic nitrogens is 6. The molecule has 0 spiro atoms. The molecule has 8 nitrogen and oxygen atoms in total. The standard InChI is InChI=1S/C16H17BrN4.C16H18N4/c1-20(2)8-7-12-3-5-13(6-4-12)14-9-18-16-15(17)10-19-21(16)11-14;1-19(2)10-8-13-3-5-14(6-4-13)15-11-17-16-7-9-18-20(16)12-15/h3-6,9-11H,7-8H2,1-2H3;3-7,9,11-12H,8,10H2,1-2H3. The topological polar surface area (TPSA) is 66.9 Å². The molecule has 9 heteroatoms. The maximum absolute atomic E-state index is 4.45. The summed E-state index contributed by atoms with van der Waals surface area (Å²) < 4.78 is 4.50. The van der Waals surface area contributed by atoms with Gasteiger partial charge in [-0.2, -0.15) is 10.2 Å². The minimum Gasteiger partial charge on any atom is -0.309 e. The summed E-state index contributed by atoms with van der Waals surface area (Å²) in [5.74, 6) is 0. The van der Waals surface area contributed by atoms with Crippen molar-refractivity contribution in [2.24, 2.45) is 0 Å². The molecular formula is C32H35BrN8. The van der Waals surface area contributed by atoms with Crippen LogP contribution in [0.25, 0.3) is 33.5 Å².